The Bertz CT molecular complexity index is 955. The number of nitro benzene ring substituents is 2. The molecule has 3 aromatic rings. The van der Waals surface area contributed by atoms with Crippen molar-refractivity contribution >= 4 is 40.3 Å². The van der Waals surface area contributed by atoms with Crippen LogP contribution in [0.15, 0.2) is 52.9 Å². The molecular formula is C16H12N4O4S2. The van der Waals surface area contributed by atoms with Crippen LogP contribution < -0.4 is 5.73 Å². The Balaban J connectivity index is 1.71. The fourth-order valence-electron chi connectivity index (χ4n) is 2.17. The van der Waals surface area contributed by atoms with Crippen LogP contribution in [0.4, 0.5) is 17.2 Å². The standard InChI is InChI=1S/C16H12N4O4S2/c17-15-14(11-3-7-13(8-4-11)20(23)24)26-16(18-15)25-9-10-1-5-12(6-2-10)19(21)22/h1-8H,9,17H2. The summed E-state index contributed by atoms with van der Waals surface area (Å²) in [5.41, 5.74) is 7.75. The lowest BCUT2D eigenvalue weighted by atomic mass is 10.2. The van der Waals surface area contributed by atoms with E-state index in [2.05, 4.69) is 4.98 Å². The number of thioether (sulfide) groups is 1. The lowest BCUT2D eigenvalue weighted by Crippen LogP contribution is -1.89. The largest absolute Gasteiger partial charge is 0.382 e. The topological polar surface area (TPSA) is 125 Å². The maximum absolute atomic E-state index is 10.7. The second-order valence-electron chi connectivity index (χ2n) is 5.21. The Labute approximate surface area is 156 Å². The van der Waals surface area contributed by atoms with Gasteiger partial charge in [0.05, 0.1) is 14.7 Å². The summed E-state index contributed by atoms with van der Waals surface area (Å²) in [7, 11) is 0. The first-order valence-electron chi connectivity index (χ1n) is 7.31. The number of thiazole rings is 1. The predicted molar refractivity (Wildman–Crippen MR) is 101 cm³/mol. The zero-order valence-corrected chi connectivity index (χ0v) is 14.8. The molecule has 0 aliphatic heterocycles. The van der Waals surface area contributed by atoms with E-state index >= 15 is 0 Å². The van der Waals surface area contributed by atoms with E-state index in [9.17, 15) is 20.2 Å². The zero-order chi connectivity index (χ0) is 18.7. The van der Waals surface area contributed by atoms with E-state index in [0.717, 1.165) is 20.3 Å². The third-order valence-electron chi connectivity index (χ3n) is 3.48. The molecule has 8 nitrogen and oxygen atoms in total. The van der Waals surface area contributed by atoms with Crippen molar-refractivity contribution in [3.63, 3.8) is 0 Å². The maximum atomic E-state index is 10.7. The van der Waals surface area contributed by atoms with Crippen molar-refractivity contribution in [3.8, 4) is 10.4 Å². The number of hydrogen-bond donors (Lipinski definition) is 1. The molecular weight excluding hydrogens is 376 g/mol. The molecule has 3 rings (SSSR count). The zero-order valence-electron chi connectivity index (χ0n) is 13.2. The minimum absolute atomic E-state index is 0.0182. The average molecular weight is 388 g/mol. The van der Waals surface area contributed by atoms with Crippen LogP contribution in [-0.4, -0.2) is 14.8 Å². The first-order valence-corrected chi connectivity index (χ1v) is 9.11. The molecule has 0 unspecified atom stereocenters. The van der Waals surface area contributed by atoms with Crippen molar-refractivity contribution in [1.82, 2.24) is 4.98 Å². The Morgan fingerprint density at radius 2 is 1.50 bits per heavy atom. The number of nitrogen functional groups attached to an aromatic ring is 1. The quantitative estimate of drug-likeness (QED) is 0.374. The van der Waals surface area contributed by atoms with Gasteiger partial charge >= 0.3 is 0 Å². The Morgan fingerprint density at radius 1 is 0.962 bits per heavy atom. The molecule has 2 aromatic carbocycles. The molecule has 26 heavy (non-hydrogen) atoms. The summed E-state index contributed by atoms with van der Waals surface area (Å²) in [5.74, 6) is 0.972. The van der Waals surface area contributed by atoms with Gasteiger partial charge in [-0.15, -0.1) is 11.3 Å². The van der Waals surface area contributed by atoms with Gasteiger partial charge in [-0.3, -0.25) is 20.2 Å². The highest BCUT2D eigenvalue weighted by molar-refractivity contribution is 8.00. The molecule has 10 heteroatoms. The number of aromatic nitrogens is 1. The number of nitrogens with two attached hydrogens (primary N) is 1. The van der Waals surface area contributed by atoms with E-state index in [1.165, 1.54) is 47.4 Å². The van der Waals surface area contributed by atoms with Crippen molar-refractivity contribution in [2.45, 2.75) is 10.1 Å². The Hall–Kier alpha value is -2.98. The fraction of sp³-hybridized carbons (Fsp3) is 0.0625. The van der Waals surface area contributed by atoms with Crippen molar-refractivity contribution in [1.29, 1.82) is 0 Å². The third kappa shape index (κ3) is 3.98. The van der Waals surface area contributed by atoms with Crippen molar-refractivity contribution in [3.05, 3.63) is 74.3 Å². The molecule has 0 saturated carbocycles. The van der Waals surface area contributed by atoms with Crippen molar-refractivity contribution in [2.24, 2.45) is 0 Å². The van der Waals surface area contributed by atoms with Gasteiger partial charge in [-0.05, 0) is 23.3 Å². The highest BCUT2D eigenvalue weighted by Crippen LogP contribution is 2.38. The number of benzene rings is 2. The van der Waals surface area contributed by atoms with Gasteiger partial charge in [0.1, 0.15) is 5.82 Å². The van der Waals surface area contributed by atoms with Crippen LogP contribution in [0.5, 0.6) is 0 Å². The van der Waals surface area contributed by atoms with Crippen LogP contribution in [0, 0.1) is 20.2 Å². The van der Waals surface area contributed by atoms with E-state index < -0.39 is 9.85 Å². The number of rotatable bonds is 6. The number of anilines is 1. The van der Waals surface area contributed by atoms with Crippen LogP contribution in [0.1, 0.15) is 5.56 Å². The molecule has 0 amide bonds. The highest BCUT2D eigenvalue weighted by atomic mass is 32.2. The maximum Gasteiger partial charge on any atom is 0.269 e. The lowest BCUT2D eigenvalue weighted by molar-refractivity contribution is -0.385. The summed E-state index contributed by atoms with van der Waals surface area (Å²) < 4.78 is 0.759. The molecule has 0 aliphatic rings. The van der Waals surface area contributed by atoms with Crippen LogP contribution >= 0.6 is 23.1 Å². The summed E-state index contributed by atoms with van der Waals surface area (Å²) in [6, 6.07) is 12.5. The second-order valence-corrected chi connectivity index (χ2v) is 7.43. The number of hydrogen-bond acceptors (Lipinski definition) is 8. The van der Waals surface area contributed by atoms with E-state index in [1.807, 2.05) is 0 Å². The Kier molecular flexibility index (Phi) is 5.14. The molecule has 0 aliphatic carbocycles. The van der Waals surface area contributed by atoms with Crippen molar-refractivity contribution in [2.75, 3.05) is 5.73 Å². The van der Waals surface area contributed by atoms with E-state index in [4.69, 9.17) is 5.73 Å². The normalized spacial score (nSPS) is 10.6. The first kappa shape index (κ1) is 17.8. The monoisotopic (exact) mass is 388 g/mol. The van der Waals surface area contributed by atoms with Crippen LogP contribution in [0.25, 0.3) is 10.4 Å². The molecule has 132 valence electrons. The molecule has 0 spiro atoms. The van der Waals surface area contributed by atoms with Crippen LogP contribution in [-0.2, 0) is 5.75 Å². The lowest BCUT2D eigenvalue weighted by Gasteiger charge is -1.99. The molecule has 0 fully saturated rings. The fourth-order valence-corrected chi connectivity index (χ4v) is 4.20. The molecule has 2 N–H and O–H groups in total. The van der Waals surface area contributed by atoms with Crippen molar-refractivity contribution < 1.29 is 9.85 Å². The first-order chi connectivity index (χ1) is 12.4. The minimum atomic E-state index is -0.453. The smallest absolute Gasteiger partial charge is 0.269 e. The summed E-state index contributed by atoms with van der Waals surface area (Å²) >= 11 is 2.88. The second kappa shape index (κ2) is 7.50. The number of nitrogens with zero attached hydrogens (tertiary/aromatic N) is 3. The number of non-ortho nitro benzene ring substituents is 2. The van der Waals surface area contributed by atoms with E-state index in [-0.39, 0.29) is 11.4 Å². The third-order valence-corrected chi connectivity index (χ3v) is 5.82. The van der Waals surface area contributed by atoms with Crippen LogP contribution in [0.3, 0.4) is 0 Å². The molecule has 0 bridgehead atoms. The van der Waals surface area contributed by atoms with Gasteiger partial charge in [-0.25, -0.2) is 4.98 Å². The van der Waals surface area contributed by atoms with Gasteiger partial charge in [-0.1, -0.05) is 23.9 Å². The van der Waals surface area contributed by atoms with Gasteiger partial charge < -0.3 is 5.73 Å². The minimum Gasteiger partial charge on any atom is -0.382 e. The summed E-state index contributed by atoms with van der Waals surface area (Å²) in [6.45, 7) is 0. The van der Waals surface area contributed by atoms with Gasteiger partial charge in [-0.2, -0.15) is 0 Å². The van der Waals surface area contributed by atoms with E-state index in [1.54, 1.807) is 24.3 Å². The molecule has 1 aromatic heterocycles. The van der Waals surface area contributed by atoms with Crippen LogP contribution in [0.2, 0.25) is 0 Å². The molecule has 0 atom stereocenters. The van der Waals surface area contributed by atoms with Gasteiger partial charge in [0.25, 0.3) is 11.4 Å². The molecule has 1 heterocycles. The number of nitro groups is 2. The summed E-state index contributed by atoms with van der Waals surface area (Å²) in [5, 5.41) is 21.4. The predicted octanol–water partition coefficient (Wildman–Crippen LogP) is 4.50. The summed E-state index contributed by atoms with van der Waals surface area (Å²) in [6.07, 6.45) is 0. The molecule has 0 radical (unpaired) electrons. The Morgan fingerprint density at radius 3 is 2.04 bits per heavy atom. The van der Waals surface area contributed by atoms with Gasteiger partial charge in [0.2, 0.25) is 0 Å². The van der Waals surface area contributed by atoms with E-state index in [0.29, 0.717) is 11.6 Å². The highest BCUT2D eigenvalue weighted by Gasteiger charge is 2.13. The summed E-state index contributed by atoms with van der Waals surface area (Å²) in [4.78, 5) is 25.6. The average Bonchev–Trinajstić information content (AvgIpc) is 3.01. The molecule has 0 saturated heterocycles. The van der Waals surface area contributed by atoms with Gasteiger partial charge in [0.15, 0.2) is 4.34 Å². The van der Waals surface area contributed by atoms with Gasteiger partial charge in [0, 0.05) is 30.0 Å². The SMILES string of the molecule is Nc1nc(SCc2ccc([N+](=O)[O-])cc2)sc1-c1ccc([N+](=O)[O-])cc1.